The molecular weight excluding hydrogens is 347 g/mol. The monoisotopic (exact) mass is 364 g/mol. The summed E-state index contributed by atoms with van der Waals surface area (Å²) in [6.07, 6.45) is 0. The molecule has 0 bridgehead atoms. The maximum atomic E-state index is 14.0. The van der Waals surface area contributed by atoms with Gasteiger partial charge in [0, 0.05) is 17.1 Å². The minimum absolute atomic E-state index is 0.106. The summed E-state index contributed by atoms with van der Waals surface area (Å²) >= 11 is 0. The molecule has 0 saturated carbocycles. The quantitative estimate of drug-likeness (QED) is 0.524. The maximum Gasteiger partial charge on any atom is 0.229 e. The van der Waals surface area contributed by atoms with Gasteiger partial charge in [0.1, 0.15) is 11.6 Å². The zero-order valence-corrected chi connectivity index (χ0v) is 14.8. The molecule has 0 radical (unpaired) electrons. The molecule has 2 N–H and O–H groups in total. The lowest BCUT2D eigenvalue weighted by atomic mass is 10.1. The Morgan fingerprint density at radius 1 is 1.04 bits per heavy atom. The van der Waals surface area contributed by atoms with Crippen molar-refractivity contribution in [1.82, 2.24) is 15.2 Å². The number of aromatic nitrogens is 3. The molecule has 0 spiro atoms. The second-order valence-corrected chi connectivity index (χ2v) is 5.99. The van der Waals surface area contributed by atoms with Crippen LogP contribution in [0.2, 0.25) is 0 Å². The van der Waals surface area contributed by atoms with Gasteiger partial charge in [-0.05, 0) is 48.7 Å². The van der Waals surface area contributed by atoms with E-state index in [1.807, 2.05) is 37.3 Å². The fraction of sp³-hybridized carbons (Fsp3) is 0.100. The molecule has 6 nitrogen and oxygen atoms in total. The van der Waals surface area contributed by atoms with Crippen LogP contribution >= 0.6 is 0 Å². The van der Waals surface area contributed by atoms with Gasteiger partial charge in [-0.2, -0.15) is 10.1 Å². The molecular formula is C20H17FN4O2. The SMILES string of the molecule is COc1ccc2c(Oc3ccccc3F)nc(Nc3cc(C)[nH]n3)cc2c1. The minimum Gasteiger partial charge on any atom is -0.497 e. The molecule has 2 aromatic heterocycles. The number of para-hydroxylation sites is 1. The molecule has 136 valence electrons. The van der Waals surface area contributed by atoms with Crippen LogP contribution in [0.25, 0.3) is 10.8 Å². The van der Waals surface area contributed by atoms with E-state index >= 15 is 0 Å². The van der Waals surface area contributed by atoms with Crippen molar-refractivity contribution in [1.29, 1.82) is 0 Å². The summed E-state index contributed by atoms with van der Waals surface area (Å²) in [5.74, 6) is 1.78. The van der Waals surface area contributed by atoms with Crippen LogP contribution in [0, 0.1) is 12.7 Å². The highest BCUT2D eigenvalue weighted by atomic mass is 19.1. The Bertz CT molecular complexity index is 1110. The normalized spacial score (nSPS) is 10.8. The largest absolute Gasteiger partial charge is 0.497 e. The lowest BCUT2D eigenvalue weighted by Gasteiger charge is -2.12. The number of nitrogens with zero attached hydrogens (tertiary/aromatic N) is 2. The van der Waals surface area contributed by atoms with Crippen LogP contribution in [-0.2, 0) is 0 Å². The summed E-state index contributed by atoms with van der Waals surface area (Å²) in [6, 6.07) is 15.4. The van der Waals surface area contributed by atoms with Crippen molar-refractivity contribution in [3.63, 3.8) is 0 Å². The highest BCUT2D eigenvalue weighted by Gasteiger charge is 2.12. The van der Waals surface area contributed by atoms with E-state index in [0.29, 0.717) is 17.4 Å². The van der Waals surface area contributed by atoms with Gasteiger partial charge in [-0.3, -0.25) is 5.10 Å². The number of rotatable bonds is 5. The molecule has 0 aliphatic heterocycles. The fourth-order valence-electron chi connectivity index (χ4n) is 2.72. The first-order chi connectivity index (χ1) is 13.1. The standard InChI is InChI=1S/C20H17FN4O2/c1-12-9-19(25-24-12)22-18-11-13-10-14(26-2)7-8-15(13)20(23-18)27-17-6-4-3-5-16(17)21/h3-11H,1-2H3,(H2,22,23,24,25). The van der Waals surface area contributed by atoms with Crippen molar-refractivity contribution in [3.8, 4) is 17.4 Å². The number of H-pyrrole nitrogens is 1. The van der Waals surface area contributed by atoms with Crippen molar-refractivity contribution in [3.05, 3.63) is 66.1 Å². The summed E-state index contributed by atoms with van der Waals surface area (Å²) in [5, 5.41) is 11.7. The van der Waals surface area contributed by atoms with E-state index in [0.717, 1.165) is 16.5 Å². The van der Waals surface area contributed by atoms with Gasteiger partial charge in [0.2, 0.25) is 5.88 Å². The first kappa shape index (κ1) is 16.8. The van der Waals surface area contributed by atoms with Gasteiger partial charge >= 0.3 is 0 Å². The molecule has 0 unspecified atom stereocenters. The van der Waals surface area contributed by atoms with E-state index in [-0.39, 0.29) is 11.6 Å². The second kappa shape index (κ2) is 6.95. The molecule has 4 rings (SSSR count). The molecule has 0 atom stereocenters. The van der Waals surface area contributed by atoms with E-state index in [1.165, 1.54) is 6.07 Å². The van der Waals surface area contributed by atoms with Gasteiger partial charge in [-0.1, -0.05) is 12.1 Å². The number of hydrogen-bond donors (Lipinski definition) is 2. The summed E-state index contributed by atoms with van der Waals surface area (Å²) in [4.78, 5) is 4.50. The molecule has 27 heavy (non-hydrogen) atoms. The third-order valence-electron chi connectivity index (χ3n) is 4.01. The van der Waals surface area contributed by atoms with Gasteiger partial charge < -0.3 is 14.8 Å². The molecule has 0 saturated heterocycles. The third-order valence-corrected chi connectivity index (χ3v) is 4.01. The topological polar surface area (TPSA) is 72.1 Å². The summed E-state index contributed by atoms with van der Waals surface area (Å²) in [7, 11) is 1.60. The number of aryl methyl sites for hydroxylation is 1. The van der Waals surface area contributed by atoms with Crippen LogP contribution in [0.3, 0.4) is 0 Å². The smallest absolute Gasteiger partial charge is 0.229 e. The predicted octanol–water partition coefficient (Wildman–Crippen LogP) is 4.95. The zero-order valence-electron chi connectivity index (χ0n) is 14.8. The molecule has 0 aliphatic rings. The van der Waals surface area contributed by atoms with Gasteiger partial charge in [-0.15, -0.1) is 0 Å². The molecule has 2 aromatic carbocycles. The molecule has 0 aliphatic carbocycles. The van der Waals surface area contributed by atoms with Crippen LogP contribution in [-0.4, -0.2) is 22.3 Å². The number of methoxy groups -OCH3 is 1. The predicted molar refractivity (Wildman–Crippen MR) is 101 cm³/mol. The lowest BCUT2D eigenvalue weighted by molar-refractivity contribution is 0.415. The molecule has 4 aromatic rings. The Balaban J connectivity index is 1.80. The molecule has 7 heteroatoms. The van der Waals surface area contributed by atoms with Crippen molar-refractivity contribution in [2.75, 3.05) is 12.4 Å². The van der Waals surface area contributed by atoms with Crippen LogP contribution in [0.5, 0.6) is 17.4 Å². The fourth-order valence-corrected chi connectivity index (χ4v) is 2.72. The lowest BCUT2D eigenvalue weighted by Crippen LogP contribution is -1.98. The van der Waals surface area contributed by atoms with Crippen molar-refractivity contribution < 1.29 is 13.9 Å². The third kappa shape index (κ3) is 3.52. The number of ether oxygens (including phenoxy) is 2. The van der Waals surface area contributed by atoms with Crippen LogP contribution in [0.15, 0.2) is 54.6 Å². The molecule has 2 heterocycles. The molecule has 0 fully saturated rings. The number of benzene rings is 2. The number of pyridine rings is 1. The Labute approximate surface area is 155 Å². The van der Waals surface area contributed by atoms with Gasteiger partial charge in [-0.25, -0.2) is 4.39 Å². The highest BCUT2D eigenvalue weighted by Crippen LogP contribution is 2.34. The first-order valence-electron chi connectivity index (χ1n) is 8.32. The minimum atomic E-state index is -0.456. The van der Waals surface area contributed by atoms with Crippen molar-refractivity contribution >= 4 is 22.4 Å². The Hall–Kier alpha value is -3.61. The van der Waals surface area contributed by atoms with Gasteiger partial charge in [0.05, 0.1) is 7.11 Å². The van der Waals surface area contributed by atoms with Crippen molar-refractivity contribution in [2.45, 2.75) is 6.92 Å². The molecule has 0 amide bonds. The Morgan fingerprint density at radius 3 is 2.63 bits per heavy atom. The van der Waals surface area contributed by atoms with Crippen LogP contribution < -0.4 is 14.8 Å². The number of aromatic amines is 1. The van der Waals surface area contributed by atoms with E-state index in [2.05, 4.69) is 20.5 Å². The zero-order chi connectivity index (χ0) is 18.8. The van der Waals surface area contributed by atoms with E-state index in [9.17, 15) is 4.39 Å². The second-order valence-electron chi connectivity index (χ2n) is 5.99. The number of hydrogen-bond acceptors (Lipinski definition) is 5. The number of fused-ring (bicyclic) bond motifs is 1. The van der Waals surface area contributed by atoms with E-state index in [4.69, 9.17) is 9.47 Å². The summed E-state index contributed by atoms with van der Waals surface area (Å²) in [5.41, 5.74) is 0.919. The average molecular weight is 364 g/mol. The highest BCUT2D eigenvalue weighted by molar-refractivity contribution is 5.90. The van der Waals surface area contributed by atoms with Crippen LogP contribution in [0.1, 0.15) is 5.69 Å². The summed E-state index contributed by atoms with van der Waals surface area (Å²) in [6.45, 7) is 1.91. The summed E-state index contributed by atoms with van der Waals surface area (Å²) < 4.78 is 25.1. The average Bonchev–Trinajstić information content (AvgIpc) is 3.07. The van der Waals surface area contributed by atoms with Gasteiger partial charge in [0.15, 0.2) is 17.4 Å². The number of halogens is 1. The Morgan fingerprint density at radius 2 is 1.89 bits per heavy atom. The van der Waals surface area contributed by atoms with Gasteiger partial charge in [0.25, 0.3) is 0 Å². The van der Waals surface area contributed by atoms with Crippen LogP contribution in [0.4, 0.5) is 16.0 Å². The van der Waals surface area contributed by atoms with E-state index < -0.39 is 5.82 Å². The maximum absolute atomic E-state index is 14.0. The Kier molecular flexibility index (Phi) is 4.33. The number of nitrogens with one attached hydrogen (secondary N) is 2. The van der Waals surface area contributed by atoms with E-state index in [1.54, 1.807) is 25.3 Å². The number of anilines is 2. The first-order valence-corrected chi connectivity index (χ1v) is 8.32. The van der Waals surface area contributed by atoms with Crippen molar-refractivity contribution in [2.24, 2.45) is 0 Å².